The lowest BCUT2D eigenvalue weighted by molar-refractivity contribution is -0.130. The smallest absolute Gasteiger partial charge is 0.243 e. The molecule has 1 fully saturated rings. The third-order valence-electron chi connectivity index (χ3n) is 4.69. The Morgan fingerprint density at radius 2 is 2.00 bits per heavy atom. The Morgan fingerprint density at radius 1 is 1.30 bits per heavy atom. The minimum atomic E-state index is -3.59. The van der Waals surface area contributed by atoms with Crippen LogP contribution in [0.4, 0.5) is 5.69 Å². The maximum atomic E-state index is 12.3. The van der Waals surface area contributed by atoms with Crippen molar-refractivity contribution in [3.63, 3.8) is 0 Å². The quantitative estimate of drug-likeness (QED) is 0.547. The normalized spacial score (nSPS) is 22.4. The number of amides is 2. The third-order valence-corrected chi connectivity index (χ3v) is 6.10. The molecule has 5 N–H and O–H groups in total. The van der Waals surface area contributed by atoms with Gasteiger partial charge in [-0.25, -0.2) is 13.1 Å². The van der Waals surface area contributed by atoms with Gasteiger partial charge < -0.3 is 16.4 Å². The number of nitrogens with one attached hydrogen (secondary N) is 3. The maximum absolute atomic E-state index is 12.3. The molecule has 1 aliphatic rings. The summed E-state index contributed by atoms with van der Waals surface area (Å²) in [6.45, 7) is 1.67. The molecule has 10 heteroatoms. The summed E-state index contributed by atoms with van der Waals surface area (Å²) in [5, 5.41) is 5.20. The Hall–Kier alpha value is -1.68. The zero-order valence-corrected chi connectivity index (χ0v) is 17.1. The number of halogens is 1. The molecule has 0 radical (unpaired) electrons. The average Bonchev–Trinajstić information content (AvgIpc) is 2.59. The van der Waals surface area contributed by atoms with Crippen molar-refractivity contribution in [2.45, 2.75) is 43.0 Å². The van der Waals surface area contributed by atoms with Gasteiger partial charge in [0.25, 0.3) is 0 Å². The lowest BCUT2D eigenvalue weighted by Crippen LogP contribution is -2.53. The SMILES string of the molecule is CNS(=O)(=O)c1cccc(NC(=O)CNC(=O)C2CCCCC2(C)N)c1.Cl. The number of benzene rings is 1. The average molecular weight is 419 g/mol. The molecule has 2 unspecified atom stereocenters. The van der Waals surface area contributed by atoms with Gasteiger partial charge >= 0.3 is 0 Å². The first-order valence-electron chi connectivity index (χ1n) is 8.56. The van der Waals surface area contributed by atoms with E-state index in [9.17, 15) is 18.0 Å². The highest BCUT2D eigenvalue weighted by Gasteiger charge is 2.37. The van der Waals surface area contributed by atoms with Gasteiger partial charge in [0.05, 0.1) is 17.4 Å². The minimum Gasteiger partial charge on any atom is -0.347 e. The molecule has 0 aliphatic heterocycles. The number of carbonyl (C=O) groups is 2. The first kappa shape index (κ1) is 23.4. The van der Waals surface area contributed by atoms with Crippen LogP contribution >= 0.6 is 12.4 Å². The van der Waals surface area contributed by atoms with Crippen LogP contribution in [0.1, 0.15) is 32.6 Å². The van der Waals surface area contributed by atoms with E-state index < -0.39 is 21.5 Å². The molecule has 152 valence electrons. The third kappa shape index (κ3) is 6.17. The van der Waals surface area contributed by atoms with E-state index in [1.54, 1.807) is 6.07 Å². The Bertz CT molecular complexity index is 783. The number of nitrogens with two attached hydrogens (primary N) is 1. The number of hydrogen-bond acceptors (Lipinski definition) is 5. The molecule has 1 aromatic carbocycles. The van der Waals surface area contributed by atoms with E-state index in [2.05, 4.69) is 15.4 Å². The van der Waals surface area contributed by atoms with E-state index in [0.717, 1.165) is 19.3 Å². The fourth-order valence-corrected chi connectivity index (χ4v) is 3.92. The second-order valence-electron chi connectivity index (χ2n) is 6.81. The Labute approximate surface area is 166 Å². The Balaban J connectivity index is 0.00000364. The predicted octanol–water partition coefficient (Wildman–Crippen LogP) is 0.979. The van der Waals surface area contributed by atoms with Gasteiger partial charge in [-0.15, -0.1) is 12.4 Å². The van der Waals surface area contributed by atoms with Crippen molar-refractivity contribution < 1.29 is 18.0 Å². The summed E-state index contributed by atoms with van der Waals surface area (Å²) < 4.78 is 25.8. The number of sulfonamides is 1. The van der Waals surface area contributed by atoms with Crippen LogP contribution in [0.3, 0.4) is 0 Å². The van der Waals surface area contributed by atoms with Crippen molar-refractivity contribution in [1.82, 2.24) is 10.0 Å². The second kappa shape index (κ2) is 9.50. The van der Waals surface area contributed by atoms with Crippen LogP contribution in [0, 0.1) is 5.92 Å². The van der Waals surface area contributed by atoms with Crippen molar-refractivity contribution >= 4 is 39.9 Å². The molecule has 0 spiro atoms. The topological polar surface area (TPSA) is 130 Å². The van der Waals surface area contributed by atoms with E-state index in [1.807, 2.05) is 6.92 Å². The Morgan fingerprint density at radius 3 is 2.63 bits per heavy atom. The number of carbonyl (C=O) groups excluding carboxylic acids is 2. The molecule has 1 aromatic rings. The van der Waals surface area contributed by atoms with Crippen molar-refractivity contribution in [1.29, 1.82) is 0 Å². The summed E-state index contributed by atoms with van der Waals surface area (Å²) in [6.07, 6.45) is 3.45. The van der Waals surface area contributed by atoms with Crippen LogP contribution in [0.25, 0.3) is 0 Å². The molecule has 0 saturated heterocycles. The zero-order valence-electron chi connectivity index (χ0n) is 15.4. The molecular formula is C17H27ClN4O4S. The molecule has 27 heavy (non-hydrogen) atoms. The van der Waals surface area contributed by atoms with E-state index in [-0.39, 0.29) is 35.7 Å². The molecule has 2 atom stereocenters. The first-order chi connectivity index (χ1) is 12.2. The van der Waals surface area contributed by atoms with Gasteiger partial charge in [-0.05, 0) is 45.0 Å². The van der Waals surface area contributed by atoms with Crippen molar-refractivity contribution in [3.05, 3.63) is 24.3 Å². The first-order valence-corrected chi connectivity index (χ1v) is 10.0. The highest BCUT2D eigenvalue weighted by atomic mass is 35.5. The van der Waals surface area contributed by atoms with Crippen LogP contribution in [-0.2, 0) is 19.6 Å². The minimum absolute atomic E-state index is 0. The van der Waals surface area contributed by atoms with E-state index >= 15 is 0 Å². The molecule has 8 nitrogen and oxygen atoms in total. The largest absolute Gasteiger partial charge is 0.347 e. The van der Waals surface area contributed by atoms with Gasteiger partial charge in [0, 0.05) is 11.2 Å². The molecule has 0 heterocycles. The lowest BCUT2D eigenvalue weighted by Gasteiger charge is -2.37. The van der Waals surface area contributed by atoms with Crippen molar-refractivity contribution in [2.24, 2.45) is 11.7 Å². The molecule has 0 aromatic heterocycles. The predicted molar refractivity (Wildman–Crippen MR) is 106 cm³/mol. The van der Waals surface area contributed by atoms with Crippen molar-refractivity contribution in [3.8, 4) is 0 Å². The van der Waals surface area contributed by atoms with Crippen LogP contribution in [0.2, 0.25) is 0 Å². The molecule has 2 amide bonds. The highest BCUT2D eigenvalue weighted by Crippen LogP contribution is 2.31. The summed E-state index contributed by atoms with van der Waals surface area (Å²) in [7, 11) is -2.28. The summed E-state index contributed by atoms with van der Waals surface area (Å²) in [5.41, 5.74) is 5.97. The van der Waals surface area contributed by atoms with E-state index in [0.29, 0.717) is 12.1 Å². The van der Waals surface area contributed by atoms with Gasteiger partial charge in [-0.1, -0.05) is 18.9 Å². The van der Waals surface area contributed by atoms with Gasteiger partial charge in [0.15, 0.2) is 0 Å². The highest BCUT2D eigenvalue weighted by molar-refractivity contribution is 7.89. The summed E-state index contributed by atoms with van der Waals surface area (Å²) in [6, 6.07) is 5.88. The molecule has 0 bridgehead atoms. The van der Waals surface area contributed by atoms with E-state index in [4.69, 9.17) is 5.73 Å². The Kier molecular flexibility index (Phi) is 8.22. The maximum Gasteiger partial charge on any atom is 0.243 e. The molecule has 2 rings (SSSR count). The second-order valence-corrected chi connectivity index (χ2v) is 8.69. The fourth-order valence-electron chi connectivity index (χ4n) is 3.14. The monoisotopic (exact) mass is 418 g/mol. The van der Waals surface area contributed by atoms with Crippen LogP contribution in [0.5, 0.6) is 0 Å². The summed E-state index contributed by atoms with van der Waals surface area (Å²) >= 11 is 0. The number of rotatable bonds is 6. The summed E-state index contributed by atoms with van der Waals surface area (Å²) in [4.78, 5) is 24.5. The van der Waals surface area contributed by atoms with Crippen LogP contribution in [-0.4, -0.2) is 39.4 Å². The van der Waals surface area contributed by atoms with Gasteiger partial charge in [-0.2, -0.15) is 0 Å². The summed E-state index contributed by atoms with van der Waals surface area (Å²) in [5.74, 6) is -0.976. The fraction of sp³-hybridized carbons (Fsp3) is 0.529. The van der Waals surface area contributed by atoms with Crippen molar-refractivity contribution in [2.75, 3.05) is 18.9 Å². The zero-order chi connectivity index (χ0) is 19.4. The van der Waals surface area contributed by atoms with Gasteiger partial charge in [-0.3, -0.25) is 9.59 Å². The van der Waals surface area contributed by atoms with Gasteiger partial charge in [0.2, 0.25) is 21.8 Å². The standard InChI is InChI=1S/C17H26N4O4S.ClH/c1-17(18)9-4-3-8-14(17)16(23)20-11-15(22)21-12-6-5-7-13(10-12)26(24,25)19-2;/h5-7,10,14,19H,3-4,8-9,11,18H2,1-2H3,(H,20,23)(H,21,22);1H. The van der Waals surface area contributed by atoms with Crippen LogP contribution in [0.15, 0.2) is 29.2 Å². The number of anilines is 1. The van der Waals surface area contributed by atoms with E-state index in [1.165, 1.54) is 25.2 Å². The molecule has 1 saturated carbocycles. The lowest BCUT2D eigenvalue weighted by atomic mass is 9.74. The van der Waals surface area contributed by atoms with Gasteiger partial charge in [0.1, 0.15) is 0 Å². The number of hydrogen-bond donors (Lipinski definition) is 4. The van der Waals surface area contributed by atoms with Crippen LogP contribution < -0.4 is 21.1 Å². The molecular weight excluding hydrogens is 392 g/mol. The molecule has 1 aliphatic carbocycles.